The van der Waals surface area contributed by atoms with E-state index in [-0.39, 0.29) is 0 Å². The SMILES string of the molecule is CCC(CC)(Cc1nnc2cc(C)nc(C)n12)C(=O)O. The van der Waals surface area contributed by atoms with Gasteiger partial charge in [-0.2, -0.15) is 0 Å². The molecular formula is C14H20N4O2. The molecule has 2 aromatic rings. The van der Waals surface area contributed by atoms with Crippen molar-refractivity contribution in [3.63, 3.8) is 0 Å². The van der Waals surface area contributed by atoms with Gasteiger partial charge in [0.05, 0.1) is 5.41 Å². The second kappa shape index (κ2) is 5.19. The molecule has 0 amide bonds. The molecule has 0 spiro atoms. The Morgan fingerprint density at radius 1 is 1.30 bits per heavy atom. The van der Waals surface area contributed by atoms with Crippen molar-refractivity contribution in [3.05, 3.63) is 23.4 Å². The quantitative estimate of drug-likeness (QED) is 0.905. The zero-order valence-electron chi connectivity index (χ0n) is 12.3. The number of hydrogen-bond acceptors (Lipinski definition) is 4. The normalized spacial score (nSPS) is 12.0. The number of carboxylic acids is 1. The van der Waals surface area contributed by atoms with Crippen molar-refractivity contribution in [1.82, 2.24) is 19.6 Å². The number of nitrogens with zero attached hydrogens (tertiary/aromatic N) is 4. The molecule has 0 saturated heterocycles. The molecule has 6 nitrogen and oxygen atoms in total. The summed E-state index contributed by atoms with van der Waals surface area (Å²) in [6.45, 7) is 7.58. The van der Waals surface area contributed by atoms with Gasteiger partial charge in [-0.25, -0.2) is 4.98 Å². The molecular weight excluding hydrogens is 256 g/mol. The van der Waals surface area contributed by atoms with E-state index >= 15 is 0 Å². The molecule has 0 bridgehead atoms. The maximum Gasteiger partial charge on any atom is 0.310 e. The lowest BCUT2D eigenvalue weighted by Gasteiger charge is -2.25. The van der Waals surface area contributed by atoms with Gasteiger partial charge in [0.1, 0.15) is 11.6 Å². The second-order valence-electron chi connectivity index (χ2n) is 5.22. The Bertz CT molecular complexity index is 644. The van der Waals surface area contributed by atoms with E-state index in [2.05, 4.69) is 15.2 Å². The van der Waals surface area contributed by atoms with Crippen molar-refractivity contribution >= 4 is 11.6 Å². The van der Waals surface area contributed by atoms with Gasteiger partial charge < -0.3 is 5.11 Å². The molecule has 0 aliphatic heterocycles. The van der Waals surface area contributed by atoms with Crippen molar-refractivity contribution < 1.29 is 9.90 Å². The third-order valence-corrected chi connectivity index (χ3v) is 4.06. The predicted octanol–water partition coefficient (Wildman–Crippen LogP) is 2.17. The minimum Gasteiger partial charge on any atom is -0.481 e. The highest BCUT2D eigenvalue weighted by atomic mass is 16.4. The van der Waals surface area contributed by atoms with Gasteiger partial charge in [0, 0.05) is 18.2 Å². The van der Waals surface area contributed by atoms with Gasteiger partial charge in [0.15, 0.2) is 5.65 Å². The Morgan fingerprint density at radius 3 is 2.50 bits per heavy atom. The van der Waals surface area contributed by atoms with Crippen LogP contribution in [0.1, 0.15) is 44.0 Å². The van der Waals surface area contributed by atoms with E-state index in [4.69, 9.17) is 0 Å². The molecule has 0 radical (unpaired) electrons. The fourth-order valence-electron chi connectivity index (χ4n) is 2.60. The Morgan fingerprint density at radius 2 is 1.95 bits per heavy atom. The number of fused-ring (bicyclic) bond motifs is 1. The zero-order valence-corrected chi connectivity index (χ0v) is 12.3. The van der Waals surface area contributed by atoms with Gasteiger partial charge in [-0.05, 0) is 26.7 Å². The summed E-state index contributed by atoms with van der Waals surface area (Å²) in [6.07, 6.45) is 1.49. The molecule has 20 heavy (non-hydrogen) atoms. The van der Waals surface area contributed by atoms with Crippen LogP contribution in [0.25, 0.3) is 5.65 Å². The number of carboxylic acid groups (broad SMARTS) is 1. The maximum atomic E-state index is 11.6. The van der Waals surface area contributed by atoms with Crippen LogP contribution in [0.5, 0.6) is 0 Å². The largest absolute Gasteiger partial charge is 0.481 e. The van der Waals surface area contributed by atoms with Crippen LogP contribution in [0.3, 0.4) is 0 Å². The molecule has 2 aromatic heterocycles. The van der Waals surface area contributed by atoms with E-state index in [1.165, 1.54) is 0 Å². The van der Waals surface area contributed by atoms with Crippen LogP contribution >= 0.6 is 0 Å². The number of aromatic nitrogens is 4. The third-order valence-electron chi connectivity index (χ3n) is 4.06. The van der Waals surface area contributed by atoms with Gasteiger partial charge in [-0.3, -0.25) is 9.20 Å². The summed E-state index contributed by atoms with van der Waals surface area (Å²) in [4.78, 5) is 16.0. The molecule has 6 heteroatoms. The fraction of sp³-hybridized carbons (Fsp3) is 0.571. The van der Waals surface area contributed by atoms with Crippen molar-refractivity contribution in [2.45, 2.75) is 47.0 Å². The smallest absolute Gasteiger partial charge is 0.310 e. The Kier molecular flexibility index (Phi) is 3.74. The molecule has 0 saturated carbocycles. The van der Waals surface area contributed by atoms with Gasteiger partial charge in [0.2, 0.25) is 0 Å². The van der Waals surface area contributed by atoms with Crippen LogP contribution in [0.4, 0.5) is 0 Å². The van der Waals surface area contributed by atoms with Crippen LogP contribution in [0, 0.1) is 19.3 Å². The Balaban J connectivity index is 2.51. The molecule has 2 rings (SSSR count). The Hall–Kier alpha value is -1.98. The highest BCUT2D eigenvalue weighted by molar-refractivity contribution is 5.74. The molecule has 108 valence electrons. The van der Waals surface area contributed by atoms with Gasteiger partial charge in [0.25, 0.3) is 0 Å². The van der Waals surface area contributed by atoms with Gasteiger partial charge in [-0.15, -0.1) is 10.2 Å². The summed E-state index contributed by atoms with van der Waals surface area (Å²) in [7, 11) is 0. The van der Waals surface area contributed by atoms with E-state index in [9.17, 15) is 9.90 Å². The molecule has 1 N–H and O–H groups in total. The Labute approximate surface area is 117 Å². The summed E-state index contributed by atoms with van der Waals surface area (Å²) in [5.41, 5.74) is 0.807. The van der Waals surface area contributed by atoms with Crippen LogP contribution in [0.2, 0.25) is 0 Å². The minimum atomic E-state index is -0.791. The first-order valence-electron chi connectivity index (χ1n) is 6.85. The average molecular weight is 276 g/mol. The molecule has 0 aliphatic rings. The predicted molar refractivity (Wildman–Crippen MR) is 74.6 cm³/mol. The maximum absolute atomic E-state index is 11.6. The minimum absolute atomic E-state index is 0.363. The lowest BCUT2D eigenvalue weighted by atomic mass is 9.79. The third kappa shape index (κ3) is 2.26. The molecule has 0 unspecified atom stereocenters. The van der Waals surface area contributed by atoms with E-state index < -0.39 is 11.4 Å². The van der Waals surface area contributed by atoms with E-state index in [1.807, 2.05) is 38.2 Å². The first-order chi connectivity index (χ1) is 9.43. The second-order valence-corrected chi connectivity index (χ2v) is 5.22. The highest BCUT2D eigenvalue weighted by Crippen LogP contribution is 2.31. The standard InChI is InChI=1S/C14H20N4O2/c1-5-14(6-2,13(19)20)8-12-17-16-11-7-9(3)15-10(4)18(11)12/h7H,5-6,8H2,1-4H3,(H,19,20). The van der Waals surface area contributed by atoms with Crippen LogP contribution < -0.4 is 0 Å². The summed E-state index contributed by atoms with van der Waals surface area (Å²) in [5.74, 6) is 0.666. The summed E-state index contributed by atoms with van der Waals surface area (Å²) < 4.78 is 1.84. The van der Waals surface area contributed by atoms with Crippen molar-refractivity contribution in [2.75, 3.05) is 0 Å². The van der Waals surface area contributed by atoms with Gasteiger partial charge >= 0.3 is 5.97 Å². The van der Waals surface area contributed by atoms with Crippen molar-refractivity contribution in [1.29, 1.82) is 0 Å². The molecule has 0 aromatic carbocycles. The lowest BCUT2D eigenvalue weighted by Crippen LogP contribution is -2.33. The molecule has 0 atom stereocenters. The van der Waals surface area contributed by atoms with Crippen molar-refractivity contribution in [3.8, 4) is 0 Å². The zero-order chi connectivity index (χ0) is 14.9. The monoisotopic (exact) mass is 276 g/mol. The van der Waals surface area contributed by atoms with Crippen molar-refractivity contribution in [2.24, 2.45) is 5.41 Å². The fourth-order valence-corrected chi connectivity index (χ4v) is 2.60. The molecule has 0 fully saturated rings. The van der Waals surface area contributed by atoms with Crippen LogP contribution in [0.15, 0.2) is 6.07 Å². The average Bonchev–Trinajstić information content (AvgIpc) is 2.78. The number of hydrogen-bond donors (Lipinski definition) is 1. The lowest BCUT2D eigenvalue weighted by molar-refractivity contribution is -0.149. The first-order valence-corrected chi connectivity index (χ1v) is 6.85. The highest BCUT2D eigenvalue weighted by Gasteiger charge is 2.36. The van der Waals surface area contributed by atoms with Crippen LogP contribution in [-0.4, -0.2) is 30.7 Å². The summed E-state index contributed by atoms with van der Waals surface area (Å²) >= 11 is 0. The first kappa shape index (κ1) is 14.4. The van der Waals surface area contributed by atoms with E-state index in [0.29, 0.717) is 25.1 Å². The molecule has 0 aliphatic carbocycles. The summed E-state index contributed by atoms with van der Waals surface area (Å²) in [6, 6.07) is 1.85. The topological polar surface area (TPSA) is 80.4 Å². The molecule has 2 heterocycles. The number of rotatable bonds is 5. The number of carbonyl (C=O) groups is 1. The number of aliphatic carboxylic acids is 1. The number of aryl methyl sites for hydroxylation is 2. The van der Waals surface area contributed by atoms with E-state index in [0.717, 1.165) is 17.2 Å². The summed E-state index contributed by atoms with van der Waals surface area (Å²) in [5, 5.41) is 17.8. The van der Waals surface area contributed by atoms with Gasteiger partial charge in [-0.1, -0.05) is 13.8 Å². The van der Waals surface area contributed by atoms with E-state index in [1.54, 1.807) is 0 Å². The van der Waals surface area contributed by atoms with Crippen LogP contribution in [-0.2, 0) is 11.2 Å².